The van der Waals surface area contributed by atoms with Gasteiger partial charge >= 0.3 is 0 Å². The molecule has 1 aliphatic rings. The van der Waals surface area contributed by atoms with Gasteiger partial charge in [-0.15, -0.1) is 6.58 Å². The van der Waals surface area contributed by atoms with Gasteiger partial charge in [0.05, 0.1) is 10.2 Å². The van der Waals surface area contributed by atoms with Crippen molar-refractivity contribution in [2.75, 3.05) is 13.2 Å². The number of aromatic nitrogens is 1. The van der Waals surface area contributed by atoms with Crippen molar-refractivity contribution in [3.8, 4) is 11.5 Å². The van der Waals surface area contributed by atoms with E-state index in [0.717, 1.165) is 10.2 Å². The fraction of sp³-hybridized carbons (Fsp3) is 0.158. The molecule has 0 fully saturated rings. The molecule has 6 heteroatoms. The van der Waals surface area contributed by atoms with Crippen LogP contribution in [0.3, 0.4) is 0 Å². The van der Waals surface area contributed by atoms with Crippen LogP contribution < -0.4 is 14.3 Å². The Labute approximate surface area is 148 Å². The monoisotopic (exact) mass is 352 g/mol. The van der Waals surface area contributed by atoms with Crippen molar-refractivity contribution in [3.05, 3.63) is 65.5 Å². The van der Waals surface area contributed by atoms with Gasteiger partial charge in [-0.2, -0.15) is 4.99 Å². The summed E-state index contributed by atoms with van der Waals surface area (Å²) in [6.07, 6.45) is 1.80. The van der Waals surface area contributed by atoms with Gasteiger partial charge in [0.1, 0.15) is 13.2 Å². The molecule has 2 aromatic carbocycles. The summed E-state index contributed by atoms with van der Waals surface area (Å²) in [4.78, 5) is 17.6. The molecular weight excluding hydrogens is 336 g/mol. The minimum Gasteiger partial charge on any atom is -0.486 e. The van der Waals surface area contributed by atoms with Crippen LogP contribution in [-0.4, -0.2) is 23.7 Å². The number of amides is 1. The molecule has 2 heterocycles. The van der Waals surface area contributed by atoms with Crippen LogP contribution in [0.2, 0.25) is 0 Å². The highest BCUT2D eigenvalue weighted by Gasteiger charge is 2.15. The van der Waals surface area contributed by atoms with Crippen LogP contribution in [-0.2, 0) is 6.54 Å². The lowest BCUT2D eigenvalue weighted by Crippen LogP contribution is -2.17. The number of rotatable bonds is 3. The number of para-hydroxylation sites is 1. The van der Waals surface area contributed by atoms with E-state index in [0.29, 0.717) is 41.6 Å². The summed E-state index contributed by atoms with van der Waals surface area (Å²) in [6, 6.07) is 13.1. The van der Waals surface area contributed by atoms with Crippen molar-refractivity contribution in [2.45, 2.75) is 6.54 Å². The van der Waals surface area contributed by atoms with Gasteiger partial charge < -0.3 is 14.0 Å². The van der Waals surface area contributed by atoms with Gasteiger partial charge in [0.25, 0.3) is 5.91 Å². The number of hydrogen-bond acceptors (Lipinski definition) is 4. The zero-order valence-corrected chi connectivity index (χ0v) is 14.3. The first-order valence-electron chi connectivity index (χ1n) is 7.94. The van der Waals surface area contributed by atoms with Crippen molar-refractivity contribution >= 4 is 27.5 Å². The lowest BCUT2D eigenvalue weighted by atomic mass is 10.2. The normalized spacial score (nSPS) is 13.8. The van der Waals surface area contributed by atoms with Gasteiger partial charge in [-0.1, -0.05) is 29.5 Å². The fourth-order valence-corrected chi connectivity index (χ4v) is 3.78. The molecule has 0 radical (unpaired) electrons. The molecule has 0 aliphatic carbocycles. The Hall–Kier alpha value is -2.86. The molecular formula is C19H16N2O3S. The number of benzene rings is 2. The SMILES string of the molecule is C=CCn1c(=NC(=O)c2ccc3c(c2)OCCO3)sc2ccccc21. The van der Waals surface area contributed by atoms with E-state index in [1.54, 1.807) is 24.3 Å². The standard InChI is InChI=1S/C19H16N2O3S/c1-2-9-21-14-5-3-4-6-17(14)25-19(21)20-18(22)13-7-8-15-16(12-13)24-11-10-23-15/h2-8,12H,1,9-11H2. The maximum Gasteiger partial charge on any atom is 0.279 e. The van der Waals surface area contributed by atoms with Crippen LogP contribution >= 0.6 is 11.3 Å². The quantitative estimate of drug-likeness (QED) is 0.679. The number of carbonyl (C=O) groups excluding carboxylic acids is 1. The van der Waals surface area contributed by atoms with Crippen molar-refractivity contribution in [3.63, 3.8) is 0 Å². The number of carbonyl (C=O) groups is 1. The molecule has 0 unspecified atom stereocenters. The summed E-state index contributed by atoms with van der Waals surface area (Å²) < 4.78 is 14.1. The van der Waals surface area contributed by atoms with Gasteiger partial charge in [0.2, 0.25) is 0 Å². The minimum atomic E-state index is -0.304. The Kier molecular flexibility index (Phi) is 4.11. The Morgan fingerprint density at radius 2 is 2.00 bits per heavy atom. The molecule has 25 heavy (non-hydrogen) atoms. The average molecular weight is 352 g/mol. The lowest BCUT2D eigenvalue weighted by molar-refractivity contribution is 0.0996. The first-order chi connectivity index (χ1) is 12.3. The molecule has 5 nitrogen and oxygen atoms in total. The Bertz CT molecular complexity index is 1030. The molecule has 1 aliphatic heterocycles. The van der Waals surface area contributed by atoms with Crippen LogP contribution in [0.25, 0.3) is 10.2 Å². The second kappa shape index (κ2) is 6.57. The molecule has 4 rings (SSSR count). The van der Waals surface area contributed by atoms with E-state index in [1.807, 2.05) is 28.8 Å². The van der Waals surface area contributed by atoms with Crippen LogP contribution in [0.5, 0.6) is 11.5 Å². The second-order valence-electron chi connectivity index (χ2n) is 5.53. The highest BCUT2D eigenvalue weighted by molar-refractivity contribution is 7.16. The zero-order chi connectivity index (χ0) is 17.2. The van der Waals surface area contributed by atoms with E-state index in [-0.39, 0.29) is 5.91 Å². The van der Waals surface area contributed by atoms with Gasteiger partial charge in [-0.05, 0) is 30.3 Å². The Morgan fingerprint density at radius 3 is 2.84 bits per heavy atom. The minimum absolute atomic E-state index is 0.304. The van der Waals surface area contributed by atoms with E-state index < -0.39 is 0 Å². The van der Waals surface area contributed by atoms with Crippen molar-refractivity contribution in [1.29, 1.82) is 0 Å². The average Bonchev–Trinajstić information content (AvgIpc) is 2.99. The van der Waals surface area contributed by atoms with Gasteiger partial charge in [-0.3, -0.25) is 4.79 Å². The molecule has 1 amide bonds. The third-order valence-corrected chi connectivity index (χ3v) is 4.95. The number of hydrogen-bond donors (Lipinski definition) is 0. The number of thiazole rings is 1. The lowest BCUT2D eigenvalue weighted by Gasteiger charge is -2.18. The van der Waals surface area contributed by atoms with Crippen LogP contribution in [0.1, 0.15) is 10.4 Å². The molecule has 0 N–H and O–H groups in total. The highest BCUT2D eigenvalue weighted by atomic mass is 32.1. The van der Waals surface area contributed by atoms with E-state index in [2.05, 4.69) is 11.6 Å². The van der Waals surface area contributed by atoms with Crippen molar-refractivity contribution < 1.29 is 14.3 Å². The van der Waals surface area contributed by atoms with E-state index in [1.165, 1.54) is 11.3 Å². The zero-order valence-electron chi connectivity index (χ0n) is 13.5. The molecule has 0 saturated heterocycles. The summed E-state index contributed by atoms with van der Waals surface area (Å²) in [6.45, 7) is 5.40. The molecule has 0 saturated carbocycles. The third-order valence-electron chi connectivity index (χ3n) is 3.89. The predicted molar refractivity (Wildman–Crippen MR) is 97.3 cm³/mol. The largest absolute Gasteiger partial charge is 0.486 e. The van der Waals surface area contributed by atoms with Crippen molar-refractivity contribution in [1.82, 2.24) is 4.57 Å². The third kappa shape index (κ3) is 2.96. The topological polar surface area (TPSA) is 52.8 Å². The Morgan fingerprint density at radius 1 is 1.20 bits per heavy atom. The van der Waals surface area contributed by atoms with Gasteiger partial charge in [-0.25, -0.2) is 0 Å². The van der Waals surface area contributed by atoms with Crippen LogP contribution in [0.4, 0.5) is 0 Å². The van der Waals surface area contributed by atoms with Gasteiger partial charge in [0, 0.05) is 12.1 Å². The summed E-state index contributed by atoms with van der Waals surface area (Å²) in [5, 5.41) is 0. The summed E-state index contributed by atoms with van der Waals surface area (Å²) in [5.74, 6) is 0.940. The van der Waals surface area contributed by atoms with Crippen LogP contribution in [0.15, 0.2) is 60.1 Å². The molecule has 0 atom stereocenters. The molecule has 3 aromatic rings. The van der Waals surface area contributed by atoms with Gasteiger partial charge in [0.15, 0.2) is 16.3 Å². The molecule has 126 valence electrons. The van der Waals surface area contributed by atoms with Crippen LogP contribution in [0, 0.1) is 0 Å². The summed E-state index contributed by atoms with van der Waals surface area (Å²) in [7, 11) is 0. The second-order valence-corrected chi connectivity index (χ2v) is 6.54. The first kappa shape index (κ1) is 15.7. The fourth-order valence-electron chi connectivity index (χ4n) is 2.74. The number of ether oxygens (including phenoxy) is 2. The predicted octanol–water partition coefficient (Wildman–Crippen LogP) is 3.40. The van der Waals surface area contributed by atoms with E-state index >= 15 is 0 Å². The smallest absolute Gasteiger partial charge is 0.279 e. The Balaban J connectivity index is 1.77. The number of nitrogens with zero attached hydrogens (tertiary/aromatic N) is 2. The summed E-state index contributed by atoms with van der Waals surface area (Å²) >= 11 is 1.49. The summed E-state index contributed by atoms with van der Waals surface area (Å²) in [5.41, 5.74) is 1.52. The van der Waals surface area contributed by atoms with E-state index in [9.17, 15) is 4.79 Å². The number of allylic oxidation sites excluding steroid dienone is 1. The first-order valence-corrected chi connectivity index (χ1v) is 8.76. The van der Waals surface area contributed by atoms with Crippen molar-refractivity contribution in [2.24, 2.45) is 4.99 Å². The molecule has 0 spiro atoms. The maximum atomic E-state index is 12.6. The highest BCUT2D eigenvalue weighted by Crippen LogP contribution is 2.30. The van der Waals surface area contributed by atoms with E-state index in [4.69, 9.17) is 9.47 Å². The number of fused-ring (bicyclic) bond motifs is 2. The maximum absolute atomic E-state index is 12.6. The molecule has 0 bridgehead atoms. The molecule has 1 aromatic heterocycles.